The number of nitrogens with zero attached hydrogens (tertiary/aromatic N) is 1. The van der Waals surface area contributed by atoms with Crippen LogP contribution >= 0.6 is 0 Å². The maximum absolute atomic E-state index is 12.7. The first-order valence-corrected chi connectivity index (χ1v) is 7.71. The molecule has 4 nitrogen and oxygen atoms in total. The van der Waals surface area contributed by atoms with Crippen LogP contribution in [0.2, 0.25) is 0 Å². The van der Waals surface area contributed by atoms with Gasteiger partial charge in [0.25, 0.3) is 0 Å². The van der Waals surface area contributed by atoms with Gasteiger partial charge in [-0.25, -0.2) is 0 Å². The highest BCUT2D eigenvalue weighted by Gasteiger charge is 2.38. The van der Waals surface area contributed by atoms with Crippen molar-refractivity contribution in [3.8, 4) is 0 Å². The highest BCUT2D eigenvalue weighted by molar-refractivity contribution is 5.80. The number of aryl methyl sites for hydroxylation is 1. The summed E-state index contributed by atoms with van der Waals surface area (Å²) >= 11 is 0. The molecule has 1 aromatic heterocycles. The predicted molar refractivity (Wildman–Crippen MR) is 75.1 cm³/mol. The van der Waals surface area contributed by atoms with Crippen LogP contribution in [0.25, 0.3) is 0 Å². The average molecular weight is 277 g/mol. The molecule has 1 saturated heterocycles. The summed E-state index contributed by atoms with van der Waals surface area (Å²) in [4.78, 5) is 14.7. The Hall–Kier alpha value is -1.29. The second-order valence-corrected chi connectivity index (χ2v) is 6.10. The number of rotatable bonds is 2. The van der Waals surface area contributed by atoms with Crippen LogP contribution in [0.3, 0.4) is 0 Å². The van der Waals surface area contributed by atoms with Crippen LogP contribution in [0.5, 0.6) is 0 Å². The molecule has 4 heteroatoms. The number of aliphatic hydroxyl groups is 1. The van der Waals surface area contributed by atoms with Crippen LogP contribution in [0, 0.1) is 12.8 Å². The van der Waals surface area contributed by atoms with E-state index in [0.29, 0.717) is 0 Å². The third-order valence-corrected chi connectivity index (χ3v) is 4.67. The van der Waals surface area contributed by atoms with E-state index in [2.05, 4.69) is 0 Å². The number of carbonyl (C=O) groups is 1. The lowest BCUT2D eigenvalue weighted by Gasteiger charge is -2.36. The van der Waals surface area contributed by atoms with Gasteiger partial charge in [-0.3, -0.25) is 4.79 Å². The average Bonchev–Trinajstić information content (AvgIpc) is 3.07. The highest BCUT2D eigenvalue weighted by atomic mass is 16.3. The molecule has 3 rings (SSSR count). The summed E-state index contributed by atoms with van der Waals surface area (Å²) in [7, 11) is 0. The molecular formula is C16H23NO3. The zero-order valence-electron chi connectivity index (χ0n) is 12.0. The number of aliphatic hydroxyl groups excluding tert-OH is 1. The minimum atomic E-state index is -0.455. The Morgan fingerprint density at radius 3 is 2.75 bits per heavy atom. The van der Waals surface area contributed by atoms with Gasteiger partial charge in [0.05, 0.1) is 18.1 Å². The zero-order chi connectivity index (χ0) is 14.1. The van der Waals surface area contributed by atoms with Crippen molar-refractivity contribution < 1.29 is 14.3 Å². The van der Waals surface area contributed by atoms with Gasteiger partial charge in [0, 0.05) is 6.54 Å². The van der Waals surface area contributed by atoms with Gasteiger partial charge in [-0.1, -0.05) is 0 Å². The summed E-state index contributed by atoms with van der Waals surface area (Å²) in [6.07, 6.45) is 5.21. The van der Waals surface area contributed by atoms with Gasteiger partial charge in [0.2, 0.25) is 5.91 Å². The lowest BCUT2D eigenvalue weighted by Crippen LogP contribution is -2.43. The van der Waals surface area contributed by atoms with Crippen LogP contribution in [0.1, 0.15) is 56.1 Å². The third kappa shape index (κ3) is 2.49. The number of likely N-dealkylation sites (tertiary alicyclic amines) is 1. The molecule has 1 saturated carbocycles. The van der Waals surface area contributed by atoms with E-state index in [0.717, 1.165) is 56.6 Å². The van der Waals surface area contributed by atoms with Crippen LogP contribution in [-0.4, -0.2) is 28.6 Å². The Balaban J connectivity index is 1.80. The molecule has 20 heavy (non-hydrogen) atoms. The summed E-state index contributed by atoms with van der Waals surface area (Å²) in [5.74, 6) is 1.70. The fraction of sp³-hybridized carbons (Fsp3) is 0.688. The van der Waals surface area contributed by atoms with Crippen LogP contribution < -0.4 is 0 Å². The fourth-order valence-corrected chi connectivity index (χ4v) is 3.57. The summed E-state index contributed by atoms with van der Waals surface area (Å²) in [6.45, 7) is 2.71. The highest BCUT2D eigenvalue weighted by Crippen LogP contribution is 2.36. The Morgan fingerprint density at radius 1 is 1.25 bits per heavy atom. The molecule has 0 spiro atoms. The zero-order valence-corrected chi connectivity index (χ0v) is 12.0. The molecule has 1 amide bonds. The molecule has 0 radical (unpaired) electrons. The van der Waals surface area contributed by atoms with Crippen molar-refractivity contribution in [3.63, 3.8) is 0 Å². The van der Waals surface area contributed by atoms with Crippen molar-refractivity contribution >= 4 is 5.91 Å². The SMILES string of the molecule is Cc1ccc(C2CCCCN2C(=O)C2CCCC2O)o1. The number of furan rings is 1. The monoisotopic (exact) mass is 277 g/mol. The van der Waals surface area contributed by atoms with Crippen LogP contribution in [-0.2, 0) is 4.79 Å². The van der Waals surface area contributed by atoms with Crippen molar-refractivity contribution in [2.75, 3.05) is 6.54 Å². The van der Waals surface area contributed by atoms with E-state index in [-0.39, 0.29) is 17.9 Å². The summed E-state index contributed by atoms with van der Waals surface area (Å²) in [6, 6.07) is 3.99. The first kappa shape index (κ1) is 13.7. The lowest BCUT2D eigenvalue weighted by atomic mass is 9.96. The molecular weight excluding hydrogens is 254 g/mol. The molecule has 1 aromatic rings. The second kappa shape index (κ2) is 5.60. The van der Waals surface area contributed by atoms with E-state index in [1.807, 2.05) is 24.0 Å². The number of piperidine rings is 1. The summed E-state index contributed by atoms with van der Waals surface area (Å²) in [5.41, 5.74) is 0. The lowest BCUT2D eigenvalue weighted by molar-refractivity contribution is -0.142. The minimum Gasteiger partial charge on any atom is -0.464 e. The molecule has 110 valence electrons. The maximum atomic E-state index is 12.7. The maximum Gasteiger partial charge on any atom is 0.228 e. The molecule has 3 atom stereocenters. The normalized spacial score (nSPS) is 30.7. The molecule has 2 aliphatic rings. The predicted octanol–water partition coefficient (Wildman–Crippen LogP) is 2.80. The van der Waals surface area contributed by atoms with E-state index in [1.165, 1.54) is 0 Å². The summed E-state index contributed by atoms with van der Waals surface area (Å²) in [5, 5.41) is 9.98. The smallest absolute Gasteiger partial charge is 0.228 e. The molecule has 3 unspecified atom stereocenters. The van der Waals surface area contributed by atoms with Crippen molar-refractivity contribution in [2.24, 2.45) is 5.92 Å². The standard InChI is InChI=1S/C16H23NO3/c1-11-8-9-15(20-11)13-6-2-3-10-17(13)16(19)12-5-4-7-14(12)18/h8-9,12-14,18H,2-7,10H2,1H3. The third-order valence-electron chi connectivity index (χ3n) is 4.67. The number of hydrogen-bond donors (Lipinski definition) is 1. The van der Waals surface area contributed by atoms with Gasteiger partial charge in [0.15, 0.2) is 0 Å². The molecule has 1 aliphatic heterocycles. The fourth-order valence-electron chi connectivity index (χ4n) is 3.57. The van der Waals surface area contributed by atoms with Crippen molar-refractivity contribution in [1.82, 2.24) is 4.90 Å². The van der Waals surface area contributed by atoms with E-state index in [4.69, 9.17) is 4.42 Å². The van der Waals surface area contributed by atoms with E-state index < -0.39 is 6.10 Å². The van der Waals surface area contributed by atoms with Gasteiger partial charge >= 0.3 is 0 Å². The van der Waals surface area contributed by atoms with Crippen LogP contribution in [0.4, 0.5) is 0 Å². The Kier molecular flexibility index (Phi) is 3.83. The first-order valence-electron chi connectivity index (χ1n) is 7.71. The molecule has 2 heterocycles. The van der Waals surface area contributed by atoms with E-state index in [9.17, 15) is 9.90 Å². The van der Waals surface area contributed by atoms with Gasteiger partial charge in [-0.15, -0.1) is 0 Å². The molecule has 2 fully saturated rings. The van der Waals surface area contributed by atoms with E-state index >= 15 is 0 Å². The molecule has 1 N–H and O–H groups in total. The van der Waals surface area contributed by atoms with Crippen molar-refractivity contribution in [2.45, 2.75) is 57.6 Å². The van der Waals surface area contributed by atoms with E-state index in [1.54, 1.807) is 0 Å². The number of amides is 1. The van der Waals surface area contributed by atoms with Gasteiger partial charge in [0.1, 0.15) is 11.5 Å². The second-order valence-electron chi connectivity index (χ2n) is 6.10. The molecule has 0 aromatic carbocycles. The van der Waals surface area contributed by atoms with Gasteiger partial charge < -0.3 is 14.4 Å². The molecule has 0 bridgehead atoms. The van der Waals surface area contributed by atoms with Crippen molar-refractivity contribution in [3.05, 3.63) is 23.7 Å². The Labute approximate surface area is 119 Å². The van der Waals surface area contributed by atoms with Gasteiger partial charge in [-0.05, 0) is 57.6 Å². The van der Waals surface area contributed by atoms with Gasteiger partial charge in [-0.2, -0.15) is 0 Å². The Morgan fingerprint density at radius 2 is 2.10 bits per heavy atom. The quantitative estimate of drug-likeness (QED) is 0.904. The molecule has 1 aliphatic carbocycles. The topological polar surface area (TPSA) is 53.7 Å². The minimum absolute atomic E-state index is 0.0535. The van der Waals surface area contributed by atoms with Crippen molar-refractivity contribution in [1.29, 1.82) is 0 Å². The van der Waals surface area contributed by atoms with Crippen LogP contribution in [0.15, 0.2) is 16.5 Å². The number of hydrogen-bond acceptors (Lipinski definition) is 3. The largest absolute Gasteiger partial charge is 0.464 e. The number of carbonyl (C=O) groups excluding carboxylic acids is 1. The summed E-state index contributed by atoms with van der Waals surface area (Å²) < 4.78 is 5.74. The first-order chi connectivity index (χ1) is 9.66. The Bertz CT molecular complexity index is 482.